The highest BCUT2D eigenvalue weighted by molar-refractivity contribution is 6.15. The minimum atomic E-state index is -0.940. The fourth-order valence-corrected chi connectivity index (χ4v) is 2.19. The zero-order valence-corrected chi connectivity index (χ0v) is 15.2. The predicted molar refractivity (Wildman–Crippen MR) is 90.3 cm³/mol. The molecule has 8 nitrogen and oxygen atoms in total. The van der Waals surface area contributed by atoms with Gasteiger partial charge in [-0.15, -0.1) is 0 Å². The van der Waals surface area contributed by atoms with Crippen LogP contribution in [0, 0.1) is 0 Å². The van der Waals surface area contributed by atoms with Crippen LogP contribution in [-0.4, -0.2) is 50.3 Å². The molecule has 0 aliphatic rings. The van der Waals surface area contributed by atoms with Crippen LogP contribution < -0.4 is 0 Å². The zero-order valence-electron chi connectivity index (χ0n) is 15.2. The number of esters is 4. The van der Waals surface area contributed by atoms with Gasteiger partial charge in [0.15, 0.2) is 0 Å². The van der Waals surface area contributed by atoms with E-state index in [2.05, 4.69) is 0 Å². The van der Waals surface area contributed by atoms with Crippen molar-refractivity contribution in [1.29, 1.82) is 0 Å². The van der Waals surface area contributed by atoms with E-state index < -0.39 is 23.9 Å². The molecule has 0 fully saturated rings. The molecule has 0 spiro atoms. The average Bonchev–Trinajstić information content (AvgIpc) is 2.61. The first-order valence-electron chi connectivity index (χ1n) is 8.28. The first kappa shape index (κ1) is 21.1. The van der Waals surface area contributed by atoms with Crippen LogP contribution in [0.1, 0.15) is 69.1 Å². The summed E-state index contributed by atoms with van der Waals surface area (Å²) in [5.74, 6) is -3.53. The van der Waals surface area contributed by atoms with Gasteiger partial charge in [-0.25, -0.2) is 19.2 Å². The summed E-state index contributed by atoms with van der Waals surface area (Å²) in [6, 6.07) is 2.44. The zero-order chi connectivity index (χ0) is 19.7. The Balaban J connectivity index is 3.73. The summed E-state index contributed by atoms with van der Waals surface area (Å²) in [7, 11) is 0. The van der Waals surface area contributed by atoms with Crippen LogP contribution in [0.15, 0.2) is 12.1 Å². The lowest BCUT2D eigenvalue weighted by Crippen LogP contribution is -2.23. The van der Waals surface area contributed by atoms with Gasteiger partial charge in [0, 0.05) is 0 Å². The van der Waals surface area contributed by atoms with Crippen LogP contribution in [0.5, 0.6) is 0 Å². The van der Waals surface area contributed by atoms with Crippen LogP contribution in [0.3, 0.4) is 0 Å². The third-order valence-electron chi connectivity index (χ3n) is 3.16. The molecule has 142 valence electrons. The number of rotatable bonds is 8. The highest BCUT2D eigenvalue weighted by Gasteiger charge is 2.32. The number of ether oxygens (including phenoxy) is 4. The molecule has 0 heterocycles. The maximum absolute atomic E-state index is 12.4. The Bertz CT molecular complexity index is 634. The van der Waals surface area contributed by atoms with Crippen molar-refractivity contribution in [1.82, 2.24) is 0 Å². The second-order valence-corrected chi connectivity index (χ2v) is 4.79. The van der Waals surface area contributed by atoms with Crippen LogP contribution in [0.2, 0.25) is 0 Å². The molecule has 0 aromatic heterocycles. The highest BCUT2D eigenvalue weighted by atomic mass is 16.5. The molecule has 0 N–H and O–H groups in total. The van der Waals surface area contributed by atoms with Gasteiger partial charge < -0.3 is 18.9 Å². The lowest BCUT2D eigenvalue weighted by molar-refractivity contribution is 0.0444. The van der Waals surface area contributed by atoms with Crippen LogP contribution in [0.4, 0.5) is 0 Å². The average molecular weight is 366 g/mol. The predicted octanol–water partition coefficient (Wildman–Crippen LogP) is 2.39. The maximum Gasteiger partial charge on any atom is 0.339 e. The molecule has 1 aromatic rings. The Labute approximate surface area is 151 Å². The molecule has 0 radical (unpaired) electrons. The number of benzene rings is 1. The summed E-state index contributed by atoms with van der Waals surface area (Å²) < 4.78 is 19.8. The molecule has 1 rings (SSSR count). The third kappa shape index (κ3) is 4.81. The molecule has 26 heavy (non-hydrogen) atoms. The largest absolute Gasteiger partial charge is 0.462 e. The normalized spacial score (nSPS) is 10.0. The SMILES string of the molecule is CCOC(=O)c1ccc(C(=O)OCC)c(C(=O)OCC)c1C(=O)OCC. The molecule has 0 aliphatic carbocycles. The Kier molecular flexibility index (Phi) is 8.27. The quantitative estimate of drug-likeness (QED) is 0.510. The molecule has 1 aromatic carbocycles. The van der Waals surface area contributed by atoms with Crippen molar-refractivity contribution in [2.24, 2.45) is 0 Å². The lowest BCUT2D eigenvalue weighted by Gasteiger charge is -2.15. The molecule has 0 aliphatic heterocycles. The Morgan fingerprint density at radius 2 is 0.846 bits per heavy atom. The van der Waals surface area contributed by atoms with Crippen molar-refractivity contribution in [2.45, 2.75) is 27.7 Å². The summed E-state index contributed by atoms with van der Waals surface area (Å²) in [6.45, 7) is 6.48. The first-order chi connectivity index (χ1) is 12.4. The maximum atomic E-state index is 12.4. The van der Waals surface area contributed by atoms with Crippen molar-refractivity contribution in [3.8, 4) is 0 Å². The molecular formula is C18H22O8. The van der Waals surface area contributed by atoms with E-state index in [0.29, 0.717) is 0 Å². The minimum Gasteiger partial charge on any atom is -0.462 e. The van der Waals surface area contributed by atoms with Crippen molar-refractivity contribution < 1.29 is 38.1 Å². The second kappa shape index (κ2) is 10.2. The van der Waals surface area contributed by atoms with E-state index in [9.17, 15) is 19.2 Å². The van der Waals surface area contributed by atoms with Crippen molar-refractivity contribution in [2.75, 3.05) is 26.4 Å². The van der Waals surface area contributed by atoms with Gasteiger partial charge in [0.25, 0.3) is 0 Å². The minimum absolute atomic E-state index is 0.00694. The Hall–Kier alpha value is -2.90. The monoisotopic (exact) mass is 366 g/mol. The second-order valence-electron chi connectivity index (χ2n) is 4.79. The van der Waals surface area contributed by atoms with Crippen LogP contribution in [-0.2, 0) is 18.9 Å². The van der Waals surface area contributed by atoms with Gasteiger partial charge in [-0.3, -0.25) is 0 Å². The summed E-state index contributed by atoms with van der Waals surface area (Å²) in [6.07, 6.45) is 0. The van der Waals surface area contributed by atoms with Gasteiger partial charge in [0.05, 0.1) is 48.7 Å². The molecule has 8 heteroatoms. The summed E-state index contributed by atoms with van der Waals surface area (Å²) in [5, 5.41) is 0. The van der Waals surface area contributed by atoms with Gasteiger partial charge in [-0.2, -0.15) is 0 Å². The fourth-order valence-electron chi connectivity index (χ4n) is 2.19. The van der Waals surface area contributed by atoms with Gasteiger partial charge in [0.2, 0.25) is 0 Å². The summed E-state index contributed by atoms with van der Waals surface area (Å²) in [4.78, 5) is 49.3. The van der Waals surface area contributed by atoms with E-state index in [1.807, 2.05) is 0 Å². The number of hydrogen-bond donors (Lipinski definition) is 0. The van der Waals surface area contributed by atoms with E-state index >= 15 is 0 Å². The highest BCUT2D eigenvalue weighted by Crippen LogP contribution is 2.24. The lowest BCUT2D eigenvalue weighted by atomic mass is 9.95. The number of carbonyl (C=O) groups is 4. The molecular weight excluding hydrogens is 344 g/mol. The van der Waals surface area contributed by atoms with E-state index in [-0.39, 0.29) is 48.7 Å². The molecule has 0 atom stereocenters. The van der Waals surface area contributed by atoms with Crippen LogP contribution in [0.25, 0.3) is 0 Å². The van der Waals surface area contributed by atoms with Crippen molar-refractivity contribution in [3.63, 3.8) is 0 Å². The smallest absolute Gasteiger partial charge is 0.339 e. The van der Waals surface area contributed by atoms with Crippen molar-refractivity contribution >= 4 is 23.9 Å². The molecule has 0 bridgehead atoms. The topological polar surface area (TPSA) is 105 Å². The fraction of sp³-hybridized carbons (Fsp3) is 0.444. The molecule has 0 unspecified atom stereocenters. The van der Waals surface area contributed by atoms with E-state index in [0.717, 1.165) is 0 Å². The van der Waals surface area contributed by atoms with Crippen LogP contribution >= 0.6 is 0 Å². The van der Waals surface area contributed by atoms with E-state index in [1.165, 1.54) is 12.1 Å². The summed E-state index contributed by atoms with van der Waals surface area (Å²) in [5.41, 5.74) is -1.15. The molecule has 0 saturated heterocycles. The molecule has 0 amide bonds. The van der Waals surface area contributed by atoms with Gasteiger partial charge >= 0.3 is 23.9 Å². The molecule has 0 saturated carbocycles. The van der Waals surface area contributed by atoms with Crippen molar-refractivity contribution in [3.05, 3.63) is 34.4 Å². The van der Waals surface area contributed by atoms with E-state index in [4.69, 9.17) is 18.9 Å². The van der Waals surface area contributed by atoms with Gasteiger partial charge in [0.1, 0.15) is 0 Å². The number of carbonyl (C=O) groups excluding carboxylic acids is 4. The standard InChI is InChI=1S/C18H22O8/c1-5-23-15(19)11-9-10-12(16(20)24-6-2)14(18(22)26-8-4)13(11)17(21)25-7-3/h9-10H,5-8H2,1-4H3. The number of hydrogen-bond acceptors (Lipinski definition) is 8. The van der Waals surface area contributed by atoms with E-state index in [1.54, 1.807) is 27.7 Å². The van der Waals surface area contributed by atoms with Gasteiger partial charge in [-0.1, -0.05) is 0 Å². The van der Waals surface area contributed by atoms with Gasteiger partial charge in [-0.05, 0) is 39.8 Å². The third-order valence-corrected chi connectivity index (χ3v) is 3.16. The Morgan fingerprint density at radius 3 is 1.12 bits per heavy atom. The summed E-state index contributed by atoms with van der Waals surface area (Å²) >= 11 is 0. The Morgan fingerprint density at radius 1 is 0.577 bits per heavy atom. The first-order valence-corrected chi connectivity index (χ1v) is 8.28.